The molecule has 0 aromatic rings. The number of carbonyl (C=O) groups excluding carboxylic acids is 1. The molecule has 0 aliphatic heterocycles. The topological polar surface area (TPSA) is 40.1 Å². The van der Waals surface area contributed by atoms with Gasteiger partial charge in [-0.25, -0.2) is 0 Å². The van der Waals surface area contributed by atoms with E-state index in [9.17, 15) is 9.90 Å². The maximum Gasteiger partial charge on any atom is 1.00 e. The summed E-state index contributed by atoms with van der Waals surface area (Å²) in [6.45, 7) is 6.78. The summed E-state index contributed by atoms with van der Waals surface area (Å²) in [6.07, 6.45) is 36.1. The zero-order valence-corrected chi connectivity index (χ0v) is 28.3. The smallest absolute Gasteiger partial charge is 0.550 e. The van der Waals surface area contributed by atoms with Crippen molar-refractivity contribution in [2.45, 2.75) is 207 Å². The van der Waals surface area contributed by atoms with Crippen molar-refractivity contribution in [2.24, 2.45) is 5.41 Å². The average molecular weight is 531 g/mol. The van der Waals surface area contributed by atoms with Crippen molar-refractivity contribution in [2.75, 3.05) is 0 Å². The number of carbonyl (C=O) groups is 1. The van der Waals surface area contributed by atoms with Gasteiger partial charge in [0.2, 0.25) is 0 Å². The summed E-state index contributed by atoms with van der Waals surface area (Å²) in [5, 5.41) is 12.4. The van der Waals surface area contributed by atoms with E-state index in [1.807, 2.05) is 0 Å². The fourth-order valence-corrected chi connectivity index (χ4v) is 5.83. The molecule has 0 atom stereocenters. The molecule has 0 saturated carbocycles. The second kappa shape index (κ2) is 31.0. The molecular formula is C34H67NaO2. The molecule has 0 rings (SSSR count). The molecule has 0 fully saturated rings. The number of carboxylic acids is 1. The van der Waals surface area contributed by atoms with Crippen LogP contribution in [0.15, 0.2) is 0 Å². The molecule has 0 radical (unpaired) electrons. The van der Waals surface area contributed by atoms with E-state index in [0.29, 0.717) is 0 Å². The van der Waals surface area contributed by atoms with Crippen LogP contribution in [0.25, 0.3) is 0 Å². The minimum atomic E-state index is -0.751. The van der Waals surface area contributed by atoms with Gasteiger partial charge in [-0.3, -0.25) is 0 Å². The van der Waals surface area contributed by atoms with Gasteiger partial charge in [0.25, 0.3) is 0 Å². The Morgan fingerprint density at radius 2 is 0.595 bits per heavy atom. The molecule has 0 aliphatic carbocycles. The Hall–Kier alpha value is 0.470. The van der Waals surface area contributed by atoms with E-state index in [-0.39, 0.29) is 29.6 Å². The normalized spacial score (nSPS) is 11.5. The van der Waals surface area contributed by atoms with Crippen LogP contribution in [-0.4, -0.2) is 5.97 Å². The molecule has 0 unspecified atom stereocenters. The van der Waals surface area contributed by atoms with Gasteiger partial charge in [0.05, 0.1) is 0 Å². The van der Waals surface area contributed by atoms with Gasteiger partial charge in [-0.15, -0.1) is 0 Å². The summed E-state index contributed by atoms with van der Waals surface area (Å²) in [4.78, 5) is 12.4. The quantitative estimate of drug-likeness (QED) is 0.0695. The fraction of sp³-hybridized carbons (Fsp3) is 0.971. The third-order valence-electron chi connectivity index (χ3n) is 8.46. The van der Waals surface area contributed by atoms with Crippen LogP contribution >= 0.6 is 0 Å². The summed E-state index contributed by atoms with van der Waals surface area (Å²) in [5.74, 6) is -0.751. The molecule has 0 heterocycles. The number of unbranched alkanes of at least 4 members (excludes halogenated alkanes) is 23. The maximum atomic E-state index is 12.4. The molecule has 37 heavy (non-hydrogen) atoms. The molecular weight excluding hydrogens is 463 g/mol. The van der Waals surface area contributed by atoms with Crippen LogP contribution in [0.5, 0.6) is 0 Å². The Labute approximate surface area is 256 Å². The maximum absolute atomic E-state index is 12.4. The Morgan fingerprint density at radius 1 is 0.405 bits per heavy atom. The number of rotatable bonds is 30. The van der Waals surface area contributed by atoms with Crippen LogP contribution in [-0.2, 0) is 4.79 Å². The minimum Gasteiger partial charge on any atom is -0.550 e. The minimum absolute atomic E-state index is 0. The molecule has 0 saturated heterocycles. The fourth-order valence-electron chi connectivity index (χ4n) is 5.83. The summed E-state index contributed by atoms with van der Waals surface area (Å²) < 4.78 is 0. The molecule has 2 nitrogen and oxygen atoms in total. The van der Waals surface area contributed by atoms with Crippen LogP contribution in [0.4, 0.5) is 0 Å². The number of hydrogen-bond donors (Lipinski definition) is 0. The van der Waals surface area contributed by atoms with Gasteiger partial charge >= 0.3 is 29.6 Å². The number of carboxylic acid groups (broad SMARTS) is 1. The van der Waals surface area contributed by atoms with Gasteiger partial charge in [-0.1, -0.05) is 188 Å². The number of aliphatic carboxylic acids is 1. The first-order valence-electron chi connectivity index (χ1n) is 16.8. The van der Waals surface area contributed by atoms with Crippen molar-refractivity contribution in [1.82, 2.24) is 0 Å². The Balaban J connectivity index is 0. The third kappa shape index (κ3) is 25.2. The van der Waals surface area contributed by atoms with Gasteiger partial charge in [0, 0.05) is 11.4 Å². The number of hydrogen-bond acceptors (Lipinski definition) is 2. The zero-order valence-electron chi connectivity index (χ0n) is 26.3. The largest absolute Gasteiger partial charge is 1.00 e. The summed E-state index contributed by atoms with van der Waals surface area (Å²) in [6, 6.07) is 0. The zero-order chi connectivity index (χ0) is 26.6. The van der Waals surface area contributed by atoms with E-state index in [0.717, 1.165) is 38.5 Å². The van der Waals surface area contributed by atoms with Gasteiger partial charge in [-0.2, -0.15) is 0 Å². The molecule has 0 aliphatic rings. The second-order valence-electron chi connectivity index (χ2n) is 11.9. The van der Waals surface area contributed by atoms with E-state index < -0.39 is 11.4 Å². The van der Waals surface area contributed by atoms with Crippen molar-refractivity contribution in [3.05, 3.63) is 0 Å². The first kappa shape index (κ1) is 39.6. The van der Waals surface area contributed by atoms with Crippen molar-refractivity contribution in [3.8, 4) is 0 Å². The predicted molar refractivity (Wildman–Crippen MR) is 158 cm³/mol. The monoisotopic (exact) mass is 531 g/mol. The molecule has 0 N–H and O–H groups in total. The van der Waals surface area contributed by atoms with E-state index in [1.165, 1.54) is 148 Å². The van der Waals surface area contributed by atoms with E-state index in [4.69, 9.17) is 0 Å². The standard InChI is InChI=1S/C34H68O2.Na/c1-4-7-10-13-16-17-18-19-20-21-22-23-26-29-32-34(33(35)36,30-27-24-14-11-8-5-2)31-28-25-15-12-9-6-3;/h4-32H2,1-3H3,(H,35,36);/q;+1/p-1. The first-order valence-corrected chi connectivity index (χ1v) is 16.8. The van der Waals surface area contributed by atoms with Crippen LogP contribution in [0.1, 0.15) is 207 Å². The van der Waals surface area contributed by atoms with E-state index in [2.05, 4.69) is 20.8 Å². The molecule has 0 bridgehead atoms. The summed E-state index contributed by atoms with van der Waals surface area (Å²) in [5.41, 5.74) is -0.563. The Morgan fingerprint density at radius 3 is 0.784 bits per heavy atom. The SMILES string of the molecule is CCCCCCCCCCCCCCCCC(CCCCCCCC)(CCCCCCCC)C(=O)[O-].[Na+]. The van der Waals surface area contributed by atoms with Crippen molar-refractivity contribution in [1.29, 1.82) is 0 Å². The Kier molecular flexibility index (Phi) is 33.2. The van der Waals surface area contributed by atoms with Crippen LogP contribution < -0.4 is 34.7 Å². The second-order valence-corrected chi connectivity index (χ2v) is 11.9. The van der Waals surface area contributed by atoms with Gasteiger partial charge in [0.1, 0.15) is 0 Å². The van der Waals surface area contributed by atoms with Crippen LogP contribution in [0, 0.1) is 5.41 Å². The van der Waals surface area contributed by atoms with Crippen molar-refractivity contribution in [3.63, 3.8) is 0 Å². The van der Waals surface area contributed by atoms with Crippen LogP contribution in [0.3, 0.4) is 0 Å². The van der Waals surface area contributed by atoms with Crippen molar-refractivity contribution < 1.29 is 39.5 Å². The van der Waals surface area contributed by atoms with Crippen LogP contribution in [0.2, 0.25) is 0 Å². The summed E-state index contributed by atoms with van der Waals surface area (Å²) in [7, 11) is 0. The van der Waals surface area contributed by atoms with E-state index >= 15 is 0 Å². The van der Waals surface area contributed by atoms with Crippen molar-refractivity contribution >= 4 is 5.97 Å². The Bertz CT molecular complexity index is 435. The molecule has 216 valence electrons. The third-order valence-corrected chi connectivity index (χ3v) is 8.46. The van der Waals surface area contributed by atoms with Gasteiger partial charge < -0.3 is 9.90 Å². The summed E-state index contributed by atoms with van der Waals surface area (Å²) >= 11 is 0. The molecule has 0 aromatic carbocycles. The molecule has 0 aromatic heterocycles. The van der Waals surface area contributed by atoms with Gasteiger partial charge in [0.15, 0.2) is 0 Å². The van der Waals surface area contributed by atoms with Gasteiger partial charge in [-0.05, 0) is 19.3 Å². The molecule has 3 heteroatoms. The average Bonchev–Trinajstić information content (AvgIpc) is 2.87. The molecule has 0 spiro atoms. The van der Waals surface area contributed by atoms with E-state index in [1.54, 1.807) is 0 Å². The first-order chi connectivity index (χ1) is 17.6. The predicted octanol–water partition coefficient (Wildman–Crippen LogP) is 8.10. The molecule has 0 amide bonds.